The molecule has 0 saturated heterocycles. The van der Waals surface area contributed by atoms with Crippen molar-refractivity contribution in [1.29, 1.82) is 0 Å². The third kappa shape index (κ3) is 9.38. The molecule has 0 aromatic carbocycles. The standard InChI is InChI=1S/C7H14.C4H8O2/c1-7-5-3-2-4-6-7;1-2-3-4(5)6/h7H,2-6H2,1H3;2-3H2,1H3,(H,5,6). The first-order valence-electron chi connectivity index (χ1n) is 5.38. The maximum Gasteiger partial charge on any atom is 0.303 e. The van der Waals surface area contributed by atoms with E-state index in [0.29, 0.717) is 6.42 Å². The number of carbonyl (C=O) groups is 1. The molecule has 1 N–H and O–H groups in total. The van der Waals surface area contributed by atoms with E-state index in [9.17, 15) is 4.79 Å². The fraction of sp³-hybridized carbons (Fsp3) is 0.909. The Bertz CT molecular complexity index is 126. The summed E-state index contributed by atoms with van der Waals surface area (Å²) in [7, 11) is 0. The second-order valence-corrected chi connectivity index (χ2v) is 3.89. The van der Waals surface area contributed by atoms with Crippen LogP contribution >= 0.6 is 0 Å². The Kier molecular flexibility index (Phi) is 7.76. The molecule has 2 nitrogen and oxygen atoms in total. The third-order valence-electron chi connectivity index (χ3n) is 2.36. The maximum absolute atomic E-state index is 9.60. The Balaban J connectivity index is 0.000000226. The zero-order valence-electron chi connectivity index (χ0n) is 8.88. The number of hydrogen-bond acceptors (Lipinski definition) is 1. The third-order valence-corrected chi connectivity index (χ3v) is 2.36. The first-order valence-corrected chi connectivity index (χ1v) is 5.38. The minimum atomic E-state index is -0.711. The van der Waals surface area contributed by atoms with Gasteiger partial charge in [-0.1, -0.05) is 46.0 Å². The molecule has 0 aliphatic heterocycles. The van der Waals surface area contributed by atoms with Crippen LogP contribution < -0.4 is 0 Å². The molecule has 0 amide bonds. The van der Waals surface area contributed by atoms with Gasteiger partial charge in [0.15, 0.2) is 0 Å². The van der Waals surface area contributed by atoms with E-state index < -0.39 is 5.97 Å². The van der Waals surface area contributed by atoms with E-state index in [1.165, 1.54) is 32.1 Å². The normalized spacial score (nSPS) is 17.4. The summed E-state index contributed by atoms with van der Waals surface area (Å²) in [6.45, 7) is 4.20. The van der Waals surface area contributed by atoms with Crippen LogP contribution in [-0.2, 0) is 4.79 Å². The van der Waals surface area contributed by atoms with E-state index in [4.69, 9.17) is 5.11 Å². The largest absolute Gasteiger partial charge is 0.481 e. The summed E-state index contributed by atoms with van der Waals surface area (Å²) in [4.78, 5) is 9.60. The monoisotopic (exact) mass is 186 g/mol. The van der Waals surface area contributed by atoms with Crippen molar-refractivity contribution in [2.75, 3.05) is 0 Å². The Morgan fingerprint density at radius 2 is 1.85 bits per heavy atom. The lowest BCUT2D eigenvalue weighted by Crippen LogP contribution is -1.99. The predicted molar refractivity (Wildman–Crippen MR) is 54.8 cm³/mol. The van der Waals surface area contributed by atoms with Crippen LogP contribution in [0.5, 0.6) is 0 Å². The first kappa shape index (κ1) is 12.5. The molecule has 13 heavy (non-hydrogen) atoms. The van der Waals surface area contributed by atoms with Gasteiger partial charge in [0.25, 0.3) is 0 Å². The van der Waals surface area contributed by atoms with Gasteiger partial charge in [-0.15, -0.1) is 0 Å². The average Bonchev–Trinajstić information content (AvgIpc) is 2.06. The van der Waals surface area contributed by atoms with E-state index in [0.717, 1.165) is 12.3 Å². The van der Waals surface area contributed by atoms with Crippen molar-refractivity contribution in [1.82, 2.24) is 0 Å². The maximum atomic E-state index is 9.60. The molecule has 78 valence electrons. The van der Waals surface area contributed by atoms with E-state index in [-0.39, 0.29) is 0 Å². The highest BCUT2D eigenvalue weighted by Crippen LogP contribution is 2.22. The summed E-state index contributed by atoms with van der Waals surface area (Å²) in [5.41, 5.74) is 0. The van der Waals surface area contributed by atoms with Gasteiger partial charge in [0.2, 0.25) is 0 Å². The number of carboxylic acid groups (broad SMARTS) is 1. The number of aliphatic carboxylic acids is 1. The molecule has 0 aromatic heterocycles. The zero-order chi connectivity index (χ0) is 10.1. The number of rotatable bonds is 2. The molecule has 0 bridgehead atoms. The highest BCUT2D eigenvalue weighted by atomic mass is 16.4. The van der Waals surface area contributed by atoms with Crippen LogP contribution in [0.2, 0.25) is 0 Å². The van der Waals surface area contributed by atoms with E-state index >= 15 is 0 Å². The van der Waals surface area contributed by atoms with Crippen LogP contribution in [0.1, 0.15) is 58.8 Å². The summed E-state index contributed by atoms with van der Waals surface area (Å²) in [6, 6.07) is 0. The molecule has 0 heterocycles. The van der Waals surface area contributed by atoms with Crippen LogP contribution in [0.25, 0.3) is 0 Å². The van der Waals surface area contributed by atoms with E-state index in [1.54, 1.807) is 0 Å². The summed E-state index contributed by atoms with van der Waals surface area (Å²) < 4.78 is 0. The molecule has 0 spiro atoms. The first-order chi connectivity index (χ1) is 6.16. The van der Waals surface area contributed by atoms with Crippen molar-refractivity contribution in [3.8, 4) is 0 Å². The van der Waals surface area contributed by atoms with Crippen LogP contribution in [0.3, 0.4) is 0 Å². The van der Waals surface area contributed by atoms with Crippen molar-refractivity contribution < 1.29 is 9.90 Å². The van der Waals surface area contributed by atoms with Crippen molar-refractivity contribution in [3.05, 3.63) is 0 Å². The Labute approximate surface area is 81.3 Å². The second kappa shape index (κ2) is 8.09. The quantitative estimate of drug-likeness (QED) is 0.717. The SMILES string of the molecule is CC1CCCCC1.CCCC(=O)O. The highest BCUT2D eigenvalue weighted by molar-refractivity contribution is 5.66. The van der Waals surface area contributed by atoms with Gasteiger partial charge >= 0.3 is 5.97 Å². The molecule has 0 unspecified atom stereocenters. The molecular formula is C11H22O2. The molecule has 0 radical (unpaired) electrons. The zero-order valence-corrected chi connectivity index (χ0v) is 8.88. The molecule has 1 aliphatic rings. The van der Waals surface area contributed by atoms with Gasteiger partial charge in [0.05, 0.1) is 0 Å². The van der Waals surface area contributed by atoms with Crippen LogP contribution in [0, 0.1) is 5.92 Å². The predicted octanol–water partition coefficient (Wildman–Crippen LogP) is 3.46. The number of carboxylic acids is 1. The van der Waals surface area contributed by atoms with Gasteiger partial charge in [-0.2, -0.15) is 0 Å². The summed E-state index contributed by atoms with van der Waals surface area (Å²) in [5, 5.41) is 7.91. The van der Waals surface area contributed by atoms with Gasteiger partial charge in [-0.25, -0.2) is 0 Å². The topological polar surface area (TPSA) is 37.3 Å². The molecular weight excluding hydrogens is 164 g/mol. The minimum Gasteiger partial charge on any atom is -0.481 e. The van der Waals surface area contributed by atoms with Gasteiger partial charge < -0.3 is 5.11 Å². The molecule has 1 rings (SSSR count). The Hall–Kier alpha value is -0.530. The molecule has 1 aliphatic carbocycles. The van der Waals surface area contributed by atoms with Gasteiger partial charge in [-0.05, 0) is 12.3 Å². The second-order valence-electron chi connectivity index (χ2n) is 3.89. The van der Waals surface area contributed by atoms with Gasteiger partial charge in [-0.3, -0.25) is 4.79 Å². The Morgan fingerprint density at radius 1 is 1.31 bits per heavy atom. The smallest absolute Gasteiger partial charge is 0.303 e. The lowest BCUT2D eigenvalue weighted by molar-refractivity contribution is -0.137. The van der Waals surface area contributed by atoms with E-state index in [1.807, 2.05) is 6.92 Å². The van der Waals surface area contributed by atoms with Gasteiger partial charge in [0.1, 0.15) is 0 Å². The van der Waals surface area contributed by atoms with Crippen LogP contribution in [-0.4, -0.2) is 11.1 Å². The lowest BCUT2D eigenvalue weighted by atomic mass is 9.91. The molecule has 0 atom stereocenters. The summed E-state index contributed by atoms with van der Waals surface area (Å²) >= 11 is 0. The lowest BCUT2D eigenvalue weighted by Gasteiger charge is -2.15. The van der Waals surface area contributed by atoms with Crippen LogP contribution in [0.4, 0.5) is 0 Å². The number of hydrogen-bond donors (Lipinski definition) is 1. The van der Waals surface area contributed by atoms with Crippen molar-refractivity contribution in [3.63, 3.8) is 0 Å². The molecule has 1 fully saturated rings. The fourth-order valence-corrected chi connectivity index (χ4v) is 1.52. The van der Waals surface area contributed by atoms with Crippen molar-refractivity contribution in [2.24, 2.45) is 5.92 Å². The fourth-order valence-electron chi connectivity index (χ4n) is 1.52. The highest BCUT2D eigenvalue weighted by Gasteiger charge is 2.05. The average molecular weight is 186 g/mol. The molecule has 0 aromatic rings. The van der Waals surface area contributed by atoms with Crippen LogP contribution in [0.15, 0.2) is 0 Å². The van der Waals surface area contributed by atoms with Crippen molar-refractivity contribution >= 4 is 5.97 Å². The minimum absolute atomic E-state index is 0.292. The summed E-state index contributed by atoms with van der Waals surface area (Å²) in [5.74, 6) is 0.325. The van der Waals surface area contributed by atoms with Crippen molar-refractivity contribution in [2.45, 2.75) is 58.8 Å². The molecule has 2 heteroatoms. The summed E-state index contributed by atoms with van der Waals surface area (Å²) in [6.07, 6.45) is 8.46. The molecule has 1 saturated carbocycles. The Morgan fingerprint density at radius 3 is 2.00 bits per heavy atom. The van der Waals surface area contributed by atoms with Gasteiger partial charge in [0, 0.05) is 6.42 Å². The van der Waals surface area contributed by atoms with E-state index in [2.05, 4.69) is 6.92 Å².